The highest BCUT2D eigenvalue weighted by molar-refractivity contribution is 7.99. The molecule has 27 heavy (non-hydrogen) atoms. The Morgan fingerprint density at radius 3 is 2.48 bits per heavy atom. The van der Waals surface area contributed by atoms with Crippen molar-refractivity contribution in [1.82, 2.24) is 4.31 Å². The van der Waals surface area contributed by atoms with E-state index >= 15 is 0 Å². The molecule has 1 heterocycles. The Labute approximate surface area is 165 Å². The van der Waals surface area contributed by atoms with E-state index in [1.807, 2.05) is 49.6 Å². The first kappa shape index (κ1) is 19.9. The molecule has 1 aliphatic heterocycles. The number of piperidine rings is 1. The summed E-state index contributed by atoms with van der Waals surface area (Å²) >= 11 is 1.42. The van der Waals surface area contributed by atoms with Crippen molar-refractivity contribution in [2.45, 2.75) is 29.6 Å². The van der Waals surface area contributed by atoms with Crippen LogP contribution in [-0.4, -0.2) is 38.0 Å². The molecule has 3 rings (SSSR count). The molecule has 2 aromatic carbocycles. The first-order valence-corrected chi connectivity index (χ1v) is 11.6. The van der Waals surface area contributed by atoms with Gasteiger partial charge in [0.15, 0.2) is 0 Å². The second-order valence-electron chi connectivity index (χ2n) is 6.69. The molecular formula is C20H24N2O3S2. The molecule has 0 spiro atoms. The van der Waals surface area contributed by atoms with Crippen molar-refractivity contribution < 1.29 is 13.2 Å². The standard InChI is InChI=1S/C20H24N2O3S2/c1-15-6-5-7-17(14-15)21-20(23)16-10-12-22(13-11-16)27(24,25)19-9-4-3-8-18(19)26-2/h3-9,14,16H,10-13H2,1-2H3,(H,21,23). The number of nitrogens with one attached hydrogen (secondary N) is 1. The SMILES string of the molecule is CSc1ccccc1S(=O)(=O)N1CCC(C(=O)Nc2cccc(C)c2)CC1. The molecule has 1 saturated heterocycles. The molecule has 1 N–H and O–H groups in total. The minimum Gasteiger partial charge on any atom is -0.326 e. The summed E-state index contributed by atoms with van der Waals surface area (Å²) in [5, 5.41) is 2.95. The van der Waals surface area contributed by atoms with Crippen molar-refractivity contribution in [2.75, 3.05) is 24.7 Å². The van der Waals surface area contributed by atoms with Gasteiger partial charge in [-0.25, -0.2) is 8.42 Å². The maximum atomic E-state index is 13.0. The molecule has 1 amide bonds. The van der Waals surface area contributed by atoms with Gasteiger partial charge in [-0.2, -0.15) is 4.31 Å². The topological polar surface area (TPSA) is 66.5 Å². The number of aryl methyl sites for hydroxylation is 1. The van der Waals surface area contributed by atoms with E-state index in [9.17, 15) is 13.2 Å². The molecular weight excluding hydrogens is 380 g/mol. The molecule has 5 nitrogen and oxygen atoms in total. The van der Waals surface area contributed by atoms with Crippen LogP contribution in [0.15, 0.2) is 58.3 Å². The van der Waals surface area contributed by atoms with E-state index in [0.717, 1.165) is 16.1 Å². The van der Waals surface area contributed by atoms with Gasteiger partial charge < -0.3 is 5.32 Å². The number of thioether (sulfide) groups is 1. The van der Waals surface area contributed by atoms with E-state index in [1.54, 1.807) is 12.1 Å². The summed E-state index contributed by atoms with van der Waals surface area (Å²) in [6.45, 7) is 2.69. The van der Waals surface area contributed by atoms with E-state index in [1.165, 1.54) is 16.1 Å². The number of benzene rings is 2. The smallest absolute Gasteiger partial charge is 0.244 e. The molecule has 7 heteroatoms. The third-order valence-electron chi connectivity index (χ3n) is 4.80. The average molecular weight is 405 g/mol. The number of hydrogen-bond donors (Lipinski definition) is 1. The lowest BCUT2D eigenvalue weighted by Crippen LogP contribution is -2.41. The van der Waals surface area contributed by atoms with E-state index in [0.29, 0.717) is 30.8 Å². The lowest BCUT2D eigenvalue weighted by Gasteiger charge is -2.31. The summed E-state index contributed by atoms with van der Waals surface area (Å²) in [7, 11) is -3.54. The van der Waals surface area contributed by atoms with Gasteiger partial charge in [0.05, 0.1) is 4.90 Å². The predicted octanol–water partition coefficient (Wildman–Crippen LogP) is 3.76. The first-order chi connectivity index (χ1) is 12.9. The molecule has 0 aliphatic carbocycles. The highest BCUT2D eigenvalue weighted by Crippen LogP contribution is 2.30. The monoisotopic (exact) mass is 404 g/mol. The number of carbonyl (C=O) groups excluding carboxylic acids is 1. The van der Waals surface area contributed by atoms with E-state index in [2.05, 4.69) is 5.32 Å². The number of sulfonamides is 1. The fraction of sp³-hybridized carbons (Fsp3) is 0.350. The molecule has 2 aromatic rings. The van der Waals surface area contributed by atoms with Crippen LogP contribution in [0.3, 0.4) is 0 Å². The van der Waals surface area contributed by atoms with Gasteiger partial charge in [-0.05, 0) is 55.9 Å². The summed E-state index contributed by atoms with van der Waals surface area (Å²) in [5.74, 6) is -0.213. The van der Waals surface area contributed by atoms with Gasteiger partial charge >= 0.3 is 0 Å². The van der Waals surface area contributed by atoms with E-state index in [-0.39, 0.29) is 11.8 Å². The maximum Gasteiger partial charge on any atom is 0.244 e. The summed E-state index contributed by atoms with van der Waals surface area (Å²) < 4.78 is 27.5. The number of carbonyl (C=O) groups is 1. The molecule has 144 valence electrons. The summed E-state index contributed by atoms with van der Waals surface area (Å²) in [6.07, 6.45) is 2.92. The quantitative estimate of drug-likeness (QED) is 0.771. The van der Waals surface area contributed by atoms with Gasteiger partial charge in [-0.15, -0.1) is 11.8 Å². The van der Waals surface area contributed by atoms with Gasteiger partial charge in [0.1, 0.15) is 0 Å². The fourth-order valence-electron chi connectivity index (χ4n) is 3.30. The van der Waals surface area contributed by atoms with Crippen molar-refractivity contribution in [3.05, 3.63) is 54.1 Å². The Balaban J connectivity index is 1.65. The van der Waals surface area contributed by atoms with Crippen molar-refractivity contribution in [3.8, 4) is 0 Å². The molecule has 1 fully saturated rings. The molecule has 0 atom stereocenters. The van der Waals surface area contributed by atoms with Crippen molar-refractivity contribution >= 4 is 33.4 Å². The zero-order valence-electron chi connectivity index (χ0n) is 15.5. The minimum atomic E-state index is -3.54. The van der Waals surface area contributed by atoms with Crippen LogP contribution in [0.5, 0.6) is 0 Å². The van der Waals surface area contributed by atoms with Gasteiger partial charge in [0.25, 0.3) is 0 Å². The summed E-state index contributed by atoms with van der Waals surface area (Å²) in [6, 6.07) is 14.7. The van der Waals surface area contributed by atoms with Crippen LogP contribution in [0.4, 0.5) is 5.69 Å². The summed E-state index contributed by atoms with van der Waals surface area (Å²) in [5.41, 5.74) is 1.87. The van der Waals surface area contributed by atoms with Crippen LogP contribution in [0.1, 0.15) is 18.4 Å². The number of nitrogens with zero attached hydrogens (tertiary/aromatic N) is 1. The molecule has 0 bridgehead atoms. The second-order valence-corrected chi connectivity index (χ2v) is 9.44. The Bertz CT molecular complexity index is 920. The van der Waals surface area contributed by atoms with Crippen molar-refractivity contribution in [3.63, 3.8) is 0 Å². The molecule has 0 radical (unpaired) electrons. The highest BCUT2D eigenvalue weighted by atomic mass is 32.2. The molecule has 0 unspecified atom stereocenters. The number of hydrogen-bond acceptors (Lipinski definition) is 4. The van der Waals surface area contributed by atoms with E-state index < -0.39 is 10.0 Å². The molecule has 1 aliphatic rings. The van der Waals surface area contributed by atoms with E-state index in [4.69, 9.17) is 0 Å². The van der Waals surface area contributed by atoms with Crippen LogP contribution in [0, 0.1) is 12.8 Å². The normalized spacial score (nSPS) is 16.2. The Kier molecular flexibility index (Phi) is 6.24. The lowest BCUT2D eigenvalue weighted by molar-refractivity contribution is -0.120. The number of anilines is 1. The van der Waals surface area contributed by atoms with Crippen LogP contribution >= 0.6 is 11.8 Å². The van der Waals surface area contributed by atoms with Crippen molar-refractivity contribution in [1.29, 1.82) is 0 Å². The van der Waals surface area contributed by atoms with Gasteiger partial charge in [0, 0.05) is 29.6 Å². The fourth-order valence-corrected chi connectivity index (χ4v) is 5.89. The Morgan fingerprint density at radius 2 is 1.81 bits per heavy atom. The molecule has 0 aromatic heterocycles. The van der Waals surface area contributed by atoms with Gasteiger partial charge in [0.2, 0.25) is 15.9 Å². The zero-order valence-corrected chi connectivity index (χ0v) is 17.1. The average Bonchev–Trinajstić information content (AvgIpc) is 2.68. The third kappa shape index (κ3) is 4.54. The van der Waals surface area contributed by atoms with Crippen LogP contribution in [-0.2, 0) is 14.8 Å². The van der Waals surface area contributed by atoms with Crippen LogP contribution in [0.25, 0.3) is 0 Å². The second kappa shape index (κ2) is 8.46. The van der Waals surface area contributed by atoms with Gasteiger partial charge in [-0.1, -0.05) is 24.3 Å². The van der Waals surface area contributed by atoms with Crippen LogP contribution in [0.2, 0.25) is 0 Å². The maximum absolute atomic E-state index is 13.0. The van der Waals surface area contributed by atoms with Crippen LogP contribution < -0.4 is 5.32 Å². The highest BCUT2D eigenvalue weighted by Gasteiger charge is 2.33. The zero-order chi connectivity index (χ0) is 19.4. The first-order valence-electron chi connectivity index (χ1n) is 8.92. The molecule has 0 saturated carbocycles. The predicted molar refractivity (Wildman–Crippen MR) is 110 cm³/mol. The lowest BCUT2D eigenvalue weighted by atomic mass is 9.97. The number of rotatable bonds is 5. The minimum absolute atomic E-state index is 0.0397. The third-order valence-corrected chi connectivity index (χ3v) is 7.68. The Morgan fingerprint density at radius 1 is 1.11 bits per heavy atom. The largest absolute Gasteiger partial charge is 0.326 e. The van der Waals surface area contributed by atoms with Gasteiger partial charge in [-0.3, -0.25) is 4.79 Å². The van der Waals surface area contributed by atoms with Crippen molar-refractivity contribution in [2.24, 2.45) is 5.92 Å². The number of amides is 1. The summed E-state index contributed by atoms with van der Waals surface area (Å²) in [4.78, 5) is 13.6. The Hall–Kier alpha value is -1.83.